The smallest absolute Gasteiger partial charge is 0.331 e. The van der Waals surface area contributed by atoms with E-state index in [1.807, 2.05) is 0 Å². The summed E-state index contributed by atoms with van der Waals surface area (Å²) < 4.78 is 13.2. The maximum atomic E-state index is 13.1. The van der Waals surface area contributed by atoms with Crippen LogP contribution in [0.3, 0.4) is 0 Å². The Kier molecular flexibility index (Phi) is 4.78. The average Bonchev–Trinajstić information content (AvgIpc) is 2.65. The van der Waals surface area contributed by atoms with Crippen molar-refractivity contribution in [3.8, 4) is 11.5 Å². The van der Waals surface area contributed by atoms with Gasteiger partial charge in [0.25, 0.3) is 5.56 Å². The van der Waals surface area contributed by atoms with Gasteiger partial charge in [0, 0.05) is 18.1 Å². The Balaban J connectivity index is 2.31. The molecule has 1 unspecified atom stereocenters. The van der Waals surface area contributed by atoms with Crippen molar-refractivity contribution >= 4 is 22.5 Å². The molecule has 136 valence electrons. The van der Waals surface area contributed by atoms with Crippen molar-refractivity contribution in [2.75, 3.05) is 14.2 Å². The number of ether oxygens (including phenoxy) is 2. The fourth-order valence-corrected chi connectivity index (χ4v) is 3.16. The van der Waals surface area contributed by atoms with E-state index in [1.165, 1.54) is 23.4 Å². The Morgan fingerprint density at radius 2 is 1.58 bits per heavy atom. The van der Waals surface area contributed by atoms with Crippen LogP contribution in [0.1, 0.15) is 18.5 Å². The molecular weight excluding hydrogens is 356 g/mol. The van der Waals surface area contributed by atoms with Gasteiger partial charge < -0.3 is 9.47 Å². The molecule has 7 heteroatoms. The Morgan fingerprint density at radius 3 is 2.15 bits per heavy atom. The average molecular weight is 375 g/mol. The Bertz CT molecular complexity index is 1080. The Morgan fingerprint density at radius 1 is 1.00 bits per heavy atom. The molecule has 0 amide bonds. The van der Waals surface area contributed by atoms with Crippen molar-refractivity contribution in [1.29, 1.82) is 0 Å². The molecule has 0 saturated carbocycles. The first-order valence-corrected chi connectivity index (χ1v) is 8.39. The number of aryl methyl sites for hydroxylation is 1. The summed E-state index contributed by atoms with van der Waals surface area (Å²) in [4.78, 5) is 25.9. The molecule has 0 aliphatic heterocycles. The summed E-state index contributed by atoms with van der Waals surface area (Å²) in [6.45, 7) is 1.80. The maximum Gasteiger partial charge on any atom is 0.331 e. The summed E-state index contributed by atoms with van der Waals surface area (Å²) in [7, 11) is 4.63. The molecule has 0 N–H and O–H groups in total. The normalized spacial score (nSPS) is 12.2. The van der Waals surface area contributed by atoms with Crippen molar-refractivity contribution in [3.05, 3.63) is 67.8 Å². The van der Waals surface area contributed by atoms with Crippen LogP contribution in [0.5, 0.6) is 11.5 Å². The highest BCUT2D eigenvalue weighted by molar-refractivity contribution is 6.30. The standard InChI is InChI=1S/C19H19ClN2O4/c1-11(12-5-7-13(20)8-6-12)22-18(23)14-9-16(25-3)17(26-4)10-15(14)21(2)19(22)24/h5-11H,1-4H3. The molecule has 26 heavy (non-hydrogen) atoms. The van der Waals surface area contributed by atoms with Crippen LogP contribution in [0.15, 0.2) is 46.0 Å². The van der Waals surface area contributed by atoms with Crippen molar-refractivity contribution in [2.45, 2.75) is 13.0 Å². The molecule has 0 bridgehead atoms. The van der Waals surface area contributed by atoms with Gasteiger partial charge >= 0.3 is 5.69 Å². The van der Waals surface area contributed by atoms with E-state index in [9.17, 15) is 9.59 Å². The van der Waals surface area contributed by atoms with Crippen LogP contribution in [0.25, 0.3) is 10.9 Å². The zero-order valence-electron chi connectivity index (χ0n) is 14.9. The van der Waals surface area contributed by atoms with Crippen molar-refractivity contribution < 1.29 is 9.47 Å². The summed E-state index contributed by atoms with van der Waals surface area (Å²) >= 11 is 5.93. The summed E-state index contributed by atoms with van der Waals surface area (Å²) in [6.07, 6.45) is 0. The highest BCUT2D eigenvalue weighted by Gasteiger charge is 2.19. The van der Waals surface area contributed by atoms with Crippen LogP contribution in [0, 0.1) is 0 Å². The minimum Gasteiger partial charge on any atom is -0.493 e. The van der Waals surface area contributed by atoms with E-state index in [1.54, 1.807) is 50.4 Å². The SMILES string of the molecule is COc1cc2c(=O)n(C(C)c3ccc(Cl)cc3)c(=O)n(C)c2cc1OC. The Labute approximate surface area is 155 Å². The first kappa shape index (κ1) is 18.1. The molecule has 0 aliphatic rings. The number of fused-ring (bicyclic) bond motifs is 1. The number of benzene rings is 2. The van der Waals surface area contributed by atoms with Crippen molar-refractivity contribution in [3.63, 3.8) is 0 Å². The van der Waals surface area contributed by atoms with Gasteiger partial charge in [-0.15, -0.1) is 0 Å². The summed E-state index contributed by atoms with van der Waals surface area (Å²) in [5.74, 6) is 0.888. The minimum absolute atomic E-state index is 0.380. The number of nitrogens with zero attached hydrogens (tertiary/aromatic N) is 2. The van der Waals surface area contributed by atoms with Gasteiger partial charge in [0.2, 0.25) is 0 Å². The molecule has 0 saturated heterocycles. The fraction of sp³-hybridized carbons (Fsp3) is 0.263. The van der Waals surface area contributed by atoms with Crippen LogP contribution in [0.2, 0.25) is 5.02 Å². The van der Waals surface area contributed by atoms with Gasteiger partial charge in [-0.05, 0) is 30.7 Å². The zero-order chi connectivity index (χ0) is 19.0. The second kappa shape index (κ2) is 6.88. The summed E-state index contributed by atoms with van der Waals surface area (Å²) in [6, 6.07) is 9.86. The topological polar surface area (TPSA) is 62.5 Å². The molecular formula is C19H19ClN2O4. The number of aromatic nitrogens is 2. The van der Waals surface area contributed by atoms with Crippen molar-refractivity contribution in [1.82, 2.24) is 9.13 Å². The molecule has 1 aromatic heterocycles. The third-order valence-electron chi connectivity index (χ3n) is 4.55. The van der Waals surface area contributed by atoms with Gasteiger partial charge in [0.1, 0.15) is 0 Å². The second-order valence-electron chi connectivity index (χ2n) is 5.97. The minimum atomic E-state index is -0.448. The van der Waals surface area contributed by atoms with Crippen molar-refractivity contribution in [2.24, 2.45) is 7.05 Å². The lowest BCUT2D eigenvalue weighted by Gasteiger charge is -2.18. The molecule has 0 fully saturated rings. The predicted octanol–water partition coefficient (Wildman–Crippen LogP) is 2.98. The maximum absolute atomic E-state index is 13.1. The van der Waals surface area contributed by atoms with Crippen LogP contribution < -0.4 is 20.7 Å². The lowest BCUT2D eigenvalue weighted by Crippen LogP contribution is -2.41. The fourth-order valence-electron chi connectivity index (χ4n) is 3.03. The molecule has 2 aromatic carbocycles. The third-order valence-corrected chi connectivity index (χ3v) is 4.80. The lowest BCUT2D eigenvalue weighted by molar-refractivity contribution is 0.355. The van der Waals surface area contributed by atoms with Crippen LogP contribution in [-0.4, -0.2) is 23.4 Å². The summed E-state index contributed by atoms with van der Waals surface area (Å²) in [5, 5.41) is 0.974. The molecule has 3 aromatic rings. The zero-order valence-corrected chi connectivity index (χ0v) is 15.7. The molecule has 1 atom stereocenters. The summed E-state index contributed by atoms with van der Waals surface area (Å²) in [5.41, 5.74) is 0.509. The van der Waals surface area contributed by atoms with Gasteiger partial charge in [-0.3, -0.25) is 13.9 Å². The van der Waals surface area contributed by atoms with E-state index in [2.05, 4.69) is 0 Å². The lowest BCUT2D eigenvalue weighted by atomic mass is 10.1. The van der Waals surface area contributed by atoms with E-state index in [0.717, 1.165) is 5.56 Å². The molecule has 0 aliphatic carbocycles. The number of hydrogen-bond acceptors (Lipinski definition) is 4. The molecule has 3 rings (SSSR count). The predicted molar refractivity (Wildman–Crippen MR) is 102 cm³/mol. The molecule has 0 radical (unpaired) electrons. The molecule has 6 nitrogen and oxygen atoms in total. The van der Waals surface area contributed by atoms with Crippen LogP contribution in [-0.2, 0) is 7.05 Å². The van der Waals surface area contributed by atoms with Gasteiger partial charge in [-0.2, -0.15) is 0 Å². The van der Waals surface area contributed by atoms with Crippen LogP contribution >= 0.6 is 11.6 Å². The highest BCUT2D eigenvalue weighted by atomic mass is 35.5. The van der Waals surface area contributed by atoms with E-state index in [-0.39, 0.29) is 5.56 Å². The first-order valence-electron chi connectivity index (χ1n) is 8.01. The Hall–Kier alpha value is -2.73. The number of methoxy groups -OCH3 is 2. The van der Waals surface area contributed by atoms with E-state index < -0.39 is 11.7 Å². The molecule has 0 spiro atoms. The number of hydrogen-bond donors (Lipinski definition) is 0. The van der Waals surface area contributed by atoms with E-state index in [4.69, 9.17) is 21.1 Å². The number of halogens is 1. The van der Waals surface area contributed by atoms with Gasteiger partial charge in [-0.25, -0.2) is 4.79 Å². The third kappa shape index (κ3) is 2.86. The highest BCUT2D eigenvalue weighted by Crippen LogP contribution is 2.30. The largest absolute Gasteiger partial charge is 0.493 e. The first-order chi connectivity index (χ1) is 12.4. The van der Waals surface area contributed by atoms with E-state index in [0.29, 0.717) is 27.4 Å². The van der Waals surface area contributed by atoms with Crippen LogP contribution in [0.4, 0.5) is 0 Å². The quantitative estimate of drug-likeness (QED) is 0.704. The van der Waals surface area contributed by atoms with Gasteiger partial charge in [0.15, 0.2) is 11.5 Å². The molecule has 1 heterocycles. The van der Waals surface area contributed by atoms with E-state index >= 15 is 0 Å². The second-order valence-corrected chi connectivity index (χ2v) is 6.41. The monoisotopic (exact) mass is 374 g/mol. The van der Waals surface area contributed by atoms with Gasteiger partial charge in [-0.1, -0.05) is 23.7 Å². The van der Waals surface area contributed by atoms with Gasteiger partial charge in [0.05, 0.1) is 31.2 Å². The number of rotatable bonds is 4.